The number of piperidine rings is 1. The number of hydrogen-bond donors (Lipinski definition) is 1. The number of amides is 1. The molecule has 1 saturated heterocycles. The number of anilines is 1. The molecule has 1 aliphatic heterocycles. The first-order valence-corrected chi connectivity index (χ1v) is 14.2. The molecule has 1 N–H and O–H groups in total. The number of para-hydroxylation sites is 1. The summed E-state index contributed by atoms with van der Waals surface area (Å²) in [6.07, 6.45) is 7.74. The summed E-state index contributed by atoms with van der Waals surface area (Å²) in [5, 5.41) is 2.97. The molecule has 0 saturated carbocycles. The third kappa shape index (κ3) is 9.30. The molecule has 5 nitrogen and oxygen atoms in total. The Balaban J connectivity index is 1.07. The van der Waals surface area contributed by atoms with E-state index in [1.54, 1.807) is 0 Å². The zero-order valence-corrected chi connectivity index (χ0v) is 22.9. The molecular formula is C33H43N3O2. The average Bonchev–Trinajstić information content (AvgIpc) is 2.96. The van der Waals surface area contributed by atoms with Gasteiger partial charge >= 0.3 is 6.09 Å². The lowest BCUT2D eigenvalue weighted by molar-refractivity contribution is 0.0565. The minimum Gasteiger partial charge on any atom is -0.446 e. The number of ether oxygens (including phenoxy) is 1. The van der Waals surface area contributed by atoms with Gasteiger partial charge in [-0.1, -0.05) is 91.7 Å². The lowest BCUT2D eigenvalue weighted by Crippen LogP contribution is -2.41. The van der Waals surface area contributed by atoms with Crippen LogP contribution in [0.15, 0.2) is 84.9 Å². The van der Waals surface area contributed by atoms with E-state index in [-0.39, 0.29) is 12.2 Å². The van der Waals surface area contributed by atoms with Gasteiger partial charge in [-0.25, -0.2) is 4.79 Å². The van der Waals surface area contributed by atoms with Crippen molar-refractivity contribution in [3.63, 3.8) is 0 Å². The van der Waals surface area contributed by atoms with Crippen molar-refractivity contribution < 1.29 is 9.53 Å². The van der Waals surface area contributed by atoms with Crippen LogP contribution in [0.1, 0.15) is 44.1 Å². The average molecular weight is 514 g/mol. The molecule has 1 amide bonds. The normalized spacial score (nSPS) is 14.5. The van der Waals surface area contributed by atoms with Crippen molar-refractivity contribution in [2.45, 2.75) is 51.0 Å². The quantitative estimate of drug-likeness (QED) is 0.248. The molecule has 0 aromatic heterocycles. The van der Waals surface area contributed by atoms with Crippen molar-refractivity contribution in [2.24, 2.45) is 0 Å². The summed E-state index contributed by atoms with van der Waals surface area (Å²) in [5.74, 6) is 0. The first-order chi connectivity index (χ1) is 18.7. The molecule has 1 aliphatic rings. The third-order valence-corrected chi connectivity index (χ3v) is 7.45. The smallest absolute Gasteiger partial charge is 0.411 e. The fourth-order valence-corrected chi connectivity index (χ4v) is 5.14. The van der Waals surface area contributed by atoms with Crippen molar-refractivity contribution in [1.82, 2.24) is 9.80 Å². The van der Waals surface area contributed by atoms with Crippen LogP contribution in [0.2, 0.25) is 0 Å². The molecule has 38 heavy (non-hydrogen) atoms. The highest BCUT2D eigenvalue weighted by Gasteiger charge is 2.22. The number of likely N-dealkylation sites (tertiary alicyclic amines) is 1. The highest BCUT2D eigenvalue weighted by molar-refractivity contribution is 5.91. The molecule has 3 aromatic carbocycles. The molecule has 202 valence electrons. The maximum Gasteiger partial charge on any atom is 0.411 e. The lowest BCUT2D eigenvalue weighted by Gasteiger charge is -2.32. The van der Waals surface area contributed by atoms with Crippen molar-refractivity contribution in [1.29, 1.82) is 0 Å². The maximum atomic E-state index is 12.6. The Hall–Kier alpha value is -3.15. The predicted molar refractivity (Wildman–Crippen MR) is 158 cm³/mol. The number of nitrogens with one attached hydrogen (secondary N) is 1. The van der Waals surface area contributed by atoms with Gasteiger partial charge in [0.2, 0.25) is 0 Å². The summed E-state index contributed by atoms with van der Waals surface area (Å²) >= 11 is 0. The zero-order chi connectivity index (χ0) is 26.4. The Bertz CT molecular complexity index is 1080. The number of carbonyl (C=O) groups is 1. The van der Waals surface area contributed by atoms with Crippen LogP contribution in [-0.2, 0) is 11.2 Å². The van der Waals surface area contributed by atoms with Crippen molar-refractivity contribution in [3.05, 3.63) is 90.5 Å². The van der Waals surface area contributed by atoms with Gasteiger partial charge in [-0.2, -0.15) is 0 Å². The maximum absolute atomic E-state index is 12.6. The highest BCUT2D eigenvalue weighted by Crippen LogP contribution is 2.28. The fourth-order valence-electron chi connectivity index (χ4n) is 5.14. The molecule has 1 fully saturated rings. The lowest BCUT2D eigenvalue weighted by atomic mass is 10.0. The van der Waals surface area contributed by atoms with Crippen LogP contribution in [0.25, 0.3) is 11.1 Å². The largest absolute Gasteiger partial charge is 0.446 e. The Kier molecular flexibility index (Phi) is 11.2. The van der Waals surface area contributed by atoms with Crippen LogP contribution >= 0.6 is 0 Å². The Labute approximate surface area is 228 Å². The van der Waals surface area contributed by atoms with E-state index in [1.807, 2.05) is 54.6 Å². The molecule has 0 unspecified atom stereocenters. The molecule has 5 heteroatoms. The second-order valence-electron chi connectivity index (χ2n) is 10.4. The van der Waals surface area contributed by atoms with Crippen molar-refractivity contribution >= 4 is 11.8 Å². The Morgan fingerprint density at radius 3 is 2.26 bits per heavy atom. The van der Waals surface area contributed by atoms with Crippen LogP contribution in [0.5, 0.6) is 0 Å². The molecule has 0 aliphatic carbocycles. The van der Waals surface area contributed by atoms with E-state index in [2.05, 4.69) is 52.5 Å². The summed E-state index contributed by atoms with van der Waals surface area (Å²) in [5.41, 5.74) is 4.30. The van der Waals surface area contributed by atoms with Gasteiger partial charge in [0.05, 0.1) is 5.69 Å². The second kappa shape index (κ2) is 15.3. The molecule has 3 aromatic rings. The van der Waals surface area contributed by atoms with Gasteiger partial charge in [-0.3, -0.25) is 5.32 Å². The van der Waals surface area contributed by atoms with Gasteiger partial charge in [-0.05, 0) is 62.9 Å². The zero-order valence-electron chi connectivity index (χ0n) is 22.9. The van der Waals surface area contributed by atoms with Crippen LogP contribution in [0.4, 0.5) is 10.5 Å². The number of benzene rings is 3. The molecule has 0 atom stereocenters. The Morgan fingerprint density at radius 1 is 0.842 bits per heavy atom. The Morgan fingerprint density at radius 2 is 1.50 bits per heavy atom. The van der Waals surface area contributed by atoms with E-state index in [4.69, 9.17) is 4.74 Å². The topological polar surface area (TPSA) is 44.8 Å². The van der Waals surface area contributed by atoms with Gasteiger partial charge < -0.3 is 14.5 Å². The van der Waals surface area contributed by atoms with E-state index in [0.29, 0.717) is 0 Å². The fraction of sp³-hybridized carbons (Fsp3) is 0.424. The number of unbranched alkanes of at least 4 members (excludes halogenated alkanes) is 3. The number of carbonyl (C=O) groups excluding carboxylic acids is 1. The molecule has 0 radical (unpaired) electrons. The van der Waals surface area contributed by atoms with E-state index < -0.39 is 0 Å². The van der Waals surface area contributed by atoms with Gasteiger partial charge in [0, 0.05) is 31.7 Å². The predicted octanol–water partition coefficient (Wildman–Crippen LogP) is 7.10. The highest BCUT2D eigenvalue weighted by atomic mass is 16.6. The first kappa shape index (κ1) is 27.9. The van der Waals surface area contributed by atoms with Gasteiger partial charge in [0.15, 0.2) is 0 Å². The summed E-state index contributed by atoms with van der Waals surface area (Å²) in [4.78, 5) is 17.6. The van der Waals surface area contributed by atoms with Crippen LogP contribution in [-0.4, -0.2) is 61.8 Å². The summed E-state index contributed by atoms with van der Waals surface area (Å²) in [6.45, 7) is 5.29. The van der Waals surface area contributed by atoms with Gasteiger partial charge in [-0.15, -0.1) is 0 Å². The minimum atomic E-state index is -0.365. The molecule has 1 heterocycles. The van der Waals surface area contributed by atoms with Gasteiger partial charge in [0.25, 0.3) is 0 Å². The minimum absolute atomic E-state index is 0.0243. The van der Waals surface area contributed by atoms with E-state index >= 15 is 0 Å². The van der Waals surface area contributed by atoms with Crippen LogP contribution in [0.3, 0.4) is 0 Å². The molecule has 0 bridgehead atoms. The van der Waals surface area contributed by atoms with Crippen molar-refractivity contribution in [2.75, 3.05) is 45.1 Å². The summed E-state index contributed by atoms with van der Waals surface area (Å²) < 4.78 is 5.79. The second-order valence-corrected chi connectivity index (χ2v) is 10.4. The van der Waals surface area contributed by atoms with Gasteiger partial charge in [0.1, 0.15) is 6.10 Å². The number of nitrogens with zero attached hydrogens (tertiary/aromatic N) is 2. The third-order valence-electron chi connectivity index (χ3n) is 7.45. The van der Waals surface area contributed by atoms with E-state index in [9.17, 15) is 4.79 Å². The molecule has 0 spiro atoms. The number of aryl methyl sites for hydroxylation is 1. The molecular weight excluding hydrogens is 470 g/mol. The number of rotatable bonds is 13. The standard InChI is InChI=1S/C33H43N3O2/c1-35(23-13-3-2-6-14-28-15-7-4-8-16-28)26-27-36-24-21-30(22-25-36)38-33(37)34-32-20-12-11-19-31(32)29-17-9-5-10-18-29/h4-5,7-12,15-20,30H,2-3,6,13-14,21-27H2,1H3,(H,34,37). The first-order valence-electron chi connectivity index (χ1n) is 14.2. The molecule has 4 rings (SSSR count). The van der Waals surface area contributed by atoms with Crippen LogP contribution in [0, 0.1) is 0 Å². The SMILES string of the molecule is CN(CCCCCCc1ccccc1)CCN1CCC(OC(=O)Nc2ccccc2-c2ccccc2)CC1. The summed E-state index contributed by atoms with van der Waals surface area (Å²) in [6, 6.07) is 28.8. The number of hydrogen-bond acceptors (Lipinski definition) is 4. The monoisotopic (exact) mass is 513 g/mol. The number of likely N-dealkylation sites (N-methyl/N-ethyl adjacent to an activating group) is 1. The van der Waals surface area contributed by atoms with E-state index in [1.165, 1.54) is 37.7 Å². The van der Waals surface area contributed by atoms with Crippen LogP contribution < -0.4 is 5.32 Å². The van der Waals surface area contributed by atoms with E-state index in [0.717, 1.165) is 62.4 Å². The van der Waals surface area contributed by atoms with Crippen molar-refractivity contribution in [3.8, 4) is 11.1 Å². The summed E-state index contributed by atoms with van der Waals surface area (Å²) in [7, 11) is 2.23.